The molecule has 0 heterocycles. The maximum atomic E-state index is 12.6. The van der Waals surface area contributed by atoms with Gasteiger partial charge >= 0.3 is 12.1 Å². The number of benzene rings is 1. The predicted octanol–water partition coefficient (Wildman–Crippen LogP) is 0.870. The van der Waals surface area contributed by atoms with E-state index in [0.717, 1.165) is 0 Å². The van der Waals surface area contributed by atoms with Crippen LogP contribution in [0.3, 0.4) is 0 Å². The molecule has 0 saturated carbocycles. The van der Waals surface area contributed by atoms with Crippen molar-refractivity contribution in [3.8, 4) is 5.75 Å². The second-order valence-corrected chi connectivity index (χ2v) is 6.61. The molecule has 0 spiro atoms. The zero-order valence-electron chi connectivity index (χ0n) is 16.2. The summed E-state index contributed by atoms with van der Waals surface area (Å²) in [6.07, 6.45) is 0.726. The van der Waals surface area contributed by atoms with E-state index >= 15 is 0 Å². The summed E-state index contributed by atoms with van der Waals surface area (Å²) in [7, 11) is 1.28. The zero-order chi connectivity index (χ0) is 20.2. The van der Waals surface area contributed by atoms with Gasteiger partial charge in [0, 0.05) is 0 Å². The van der Waals surface area contributed by atoms with Crippen molar-refractivity contribution in [2.24, 2.45) is 5.92 Å². The monoisotopic (exact) mass is 380 g/mol. The number of quaternary nitrogens is 1. The fraction of sp³-hybridized carbons (Fsp3) is 0.526. The number of hydrogen-bond donors (Lipinski definition) is 3. The molecule has 0 bridgehead atoms. The highest BCUT2D eigenvalue weighted by Gasteiger charge is 2.28. The van der Waals surface area contributed by atoms with E-state index in [-0.39, 0.29) is 5.92 Å². The van der Waals surface area contributed by atoms with Crippen LogP contribution >= 0.6 is 0 Å². The van der Waals surface area contributed by atoms with E-state index in [1.165, 1.54) is 7.11 Å². The topological polar surface area (TPSA) is 121 Å². The van der Waals surface area contributed by atoms with Crippen molar-refractivity contribution in [1.29, 1.82) is 0 Å². The minimum Gasteiger partial charge on any atom is -0.467 e. The number of esters is 1. The number of para-hydroxylation sites is 1. The van der Waals surface area contributed by atoms with Crippen molar-refractivity contribution in [1.82, 2.24) is 10.6 Å². The van der Waals surface area contributed by atoms with Crippen LogP contribution in [-0.2, 0) is 14.3 Å². The van der Waals surface area contributed by atoms with Gasteiger partial charge in [0.05, 0.1) is 13.7 Å². The summed E-state index contributed by atoms with van der Waals surface area (Å²) in [5, 5.41) is 5.24. The van der Waals surface area contributed by atoms with Crippen molar-refractivity contribution in [3.63, 3.8) is 0 Å². The molecular weight excluding hydrogens is 350 g/mol. The Hall–Kier alpha value is -2.61. The number of rotatable bonds is 10. The Balaban J connectivity index is 2.76. The molecule has 0 saturated heterocycles. The largest absolute Gasteiger partial charge is 0.467 e. The third-order valence-electron chi connectivity index (χ3n) is 3.81. The van der Waals surface area contributed by atoms with Crippen LogP contribution in [0.5, 0.6) is 5.75 Å². The SMILES string of the molecule is COC(=O)[C@H](CC(C)C)NC(=O)[C@H](CCC[NH3+])NC(=O)Oc1ccccc1. The molecule has 0 aliphatic rings. The van der Waals surface area contributed by atoms with Crippen molar-refractivity contribution in [2.45, 2.75) is 45.2 Å². The van der Waals surface area contributed by atoms with E-state index in [9.17, 15) is 14.4 Å². The summed E-state index contributed by atoms with van der Waals surface area (Å²) in [5.41, 5.74) is 3.76. The minimum absolute atomic E-state index is 0.184. The summed E-state index contributed by atoms with van der Waals surface area (Å²) in [4.78, 5) is 36.7. The van der Waals surface area contributed by atoms with Gasteiger partial charge < -0.3 is 25.8 Å². The van der Waals surface area contributed by atoms with Crippen LogP contribution in [0.1, 0.15) is 33.1 Å². The molecule has 27 heavy (non-hydrogen) atoms. The lowest BCUT2D eigenvalue weighted by atomic mass is 10.0. The smallest absolute Gasteiger partial charge is 0.413 e. The Bertz CT molecular complexity index is 607. The third kappa shape index (κ3) is 8.54. The number of carbonyl (C=O) groups excluding carboxylic acids is 3. The zero-order valence-corrected chi connectivity index (χ0v) is 16.2. The molecule has 0 aliphatic carbocycles. The van der Waals surface area contributed by atoms with E-state index in [1.54, 1.807) is 30.3 Å². The second-order valence-electron chi connectivity index (χ2n) is 6.61. The van der Waals surface area contributed by atoms with E-state index < -0.39 is 30.1 Å². The lowest BCUT2D eigenvalue weighted by Crippen LogP contribution is -2.54. The Labute approximate surface area is 159 Å². The fourth-order valence-electron chi connectivity index (χ4n) is 2.48. The number of amides is 2. The van der Waals surface area contributed by atoms with Crippen LogP contribution in [0, 0.1) is 5.92 Å². The van der Waals surface area contributed by atoms with Gasteiger partial charge in [-0.2, -0.15) is 0 Å². The molecule has 2 atom stereocenters. The molecule has 0 unspecified atom stereocenters. The molecule has 1 rings (SSSR count). The maximum absolute atomic E-state index is 12.6. The normalized spacial score (nSPS) is 12.8. The Morgan fingerprint density at radius 3 is 2.30 bits per heavy atom. The molecule has 8 nitrogen and oxygen atoms in total. The lowest BCUT2D eigenvalue weighted by molar-refractivity contribution is -0.368. The summed E-state index contributed by atoms with van der Waals surface area (Å²) in [6.45, 7) is 4.50. The molecule has 8 heteroatoms. The van der Waals surface area contributed by atoms with Gasteiger partial charge in [0.25, 0.3) is 0 Å². The van der Waals surface area contributed by atoms with Crippen LogP contribution in [0.25, 0.3) is 0 Å². The average molecular weight is 380 g/mol. The van der Waals surface area contributed by atoms with Crippen LogP contribution in [0.15, 0.2) is 30.3 Å². The van der Waals surface area contributed by atoms with Gasteiger partial charge in [0.2, 0.25) is 5.91 Å². The van der Waals surface area contributed by atoms with Crippen molar-refractivity contribution >= 4 is 18.0 Å². The highest BCUT2D eigenvalue weighted by molar-refractivity contribution is 5.89. The van der Waals surface area contributed by atoms with Crippen LogP contribution in [0.4, 0.5) is 4.79 Å². The molecule has 2 amide bonds. The van der Waals surface area contributed by atoms with Crippen molar-refractivity contribution in [2.75, 3.05) is 13.7 Å². The Morgan fingerprint density at radius 2 is 1.74 bits per heavy atom. The molecule has 0 radical (unpaired) electrons. The predicted molar refractivity (Wildman–Crippen MR) is 99.8 cm³/mol. The average Bonchev–Trinajstić information content (AvgIpc) is 2.64. The van der Waals surface area contributed by atoms with Gasteiger partial charge in [0.1, 0.15) is 17.8 Å². The second kappa shape index (κ2) is 11.9. The molecule has 0 aliphatic heterocycles. The number of carbonyl (C=O) groups is 3. The number of nitrogens with one attached hydrogen (secondary N) is 2. The highest BCUT2D eigenvalue weighted by atomic mass is 16.6. The molecular formula is C19H30N3O5+. The first kappa shape index (κ1) is 22.4. The van der Waals surface area contributed by atoms with Crippen LogP contribution in [0.2, 0.25) is 0 Å². The van der Waals surface area contributed by atoms with E-state index in [1.807, 2.05) is 13.8 Å². The lowest BCUT2D eigenvalue weighted by Gasteiger charge is -2.22. The van der Waals surface area contributed by atoms with Gasteiger partial charge in [-0.05, 0) is 37.3 Å². The van der Waals surface area contributed by atoms with Gasteiger partial charge in [-0.25, -0.2) is 9.59 Å². The third-order valence-corrected chi connectivity index (χ3v) is 3.81. The maximum Gasteiger partial charge on any atom is 0.413 e. The van der Waals surface area contributed by atoms with Gasteiger partial charge in [-0.1, -0.05) is 32.0 Å². The first-order chi connectivity index (χ1) is 12.9. The number of ether oxygens (including phenoxy) is 2. The molecule has 150 valence electrons. The van der Waals surface area contributed by atoms with Gasteiger partial charge in [0.15, 0.2) is 0 Å². The summed E-state index contributed by atoms with van der Waals surface area (Å²) >= 11 is 0. The first-order valence-corrected chi connectivity index (χ1v) is 9.08. The summed E-state index contributed by atoms with van der Waals surface area (Å²) in [6, 6.07) is 6.96. The summed E-state index contributed by atoms with van der Waals surface area (Å²) in [5.74, 6) is -0.411. The Kier molecular flexibility index (Phi) is 9.89. The first-order valence-electron chi connectivity index (χ1n) is 9.08. The quantitative estimate of drug-likeness (QED) is 0.520. The van der Waals surface area contributed by atoms with E-state index in [0.29, 0.717) is 31.6 Å². The van der Waals surface area contributed by atoms with Crippen molar-refractivity contribution in [3.05, 3.63) is 30.3 Å². The fourth-order valence-corrected chi connectivity index (χ4v) is 2.48. The molecule has 1 aromatic carbocycles. The van der Waals surface area contributed by atoms with E-state index in [4.69, 9.17) is 9.47 Å². The highest BCUT2D eigenvalue weighted by Crippen LogP contribution is 2.10. The van der Waals surface area contributed by atoms with Crippen molar-refractivity contribution < 1.29 is 29.6 Å². The van der Waals surface area contributed by atoms with Gasteiger partial charge in [-0.3, -0.25) is 4.79 Å². The minimum atomic E-state index is -0.831. The van der Waals surface area contributed by atoms with Crippen LogP contribution < -0.4 is 21.1 Å². The van der Waals surface area contributed by atoms with Crippen LogP contribution in [-0.4, -0.2) is 43.7 Å². The molecule has 1 aromatic rings. The van der Waals surface area contributed by atoms with E-state index in [2.05, 4.69) is 16.4 Å². The summed E-state index contributed by atoms with van der Waals surface area (Å²) < 4.78 is 9.94. The molecule has 5 N–H and O–H groups in total. The van der Waals surface area contributed by atoms with Gasteiger partial charge in [-0.15, -0.1) is 0 Å². The number of methoxy groups -OCH3 is 1. The number of hydrogen-bond acceptors (Lipinski definition) is 5. The standard InChI is InChI=1S/C19H29N3O5/c1-13(2)12-16(18(24)26-3)21-17(23)15(10-7-11-20)22-19(25)27-14-8-5-4-6-9-14/h4-6,8-9,13,15-16H,7,10-12,20H2,1-3H3,(H,21,23)(H,22,25)/p+1/t15-,16-/m0/s1. The Morgan fingerprint density at radius 1 is 1.07 bits per heavy atom. The molecule has 0 fully saturated rings. The molecule has 0 aromatic heterocycles.